The first-order valence-electron chi connectivity index (χ1n) is 6.20. The Morgan fingerprint density at radius 2 is 2.00 bits per heavy atom. The summed E-state index contributed by atoms with van der Waals surface area (Å²) in [6.07, 6.45) is 3.36. The number of hydrogen-bond acceptors (Lipinski definition) is 3. The zero-order chi connectivity index (χ0) is 12.1. The predicted octanol–water partition coefficient (Wildman–Crippen LogP) is 0.583. The second-order valence-corrected chi connectivity index (χ2v) is 5.16. The van der Waals surface area contributed by atoms with E-state index in [0.717, 1.165) is 25.8 Å². The lowest BCUT2D eigenvalue weighted by Gasteiger charge is -2.21. The second kappa shape index (κ2) is 6.21. The summed E-state index contributed by atoms with van der Waals surface area (Å²) in [5.41, 5.74) is 0. The monoisotopic (exact) mass is 227 g/mol. The van der Waals surface area contributed by atoms with Crippen molar-refractivity contribution in [3.8, 4) is 0 Å². The fourth-order valence-corrected chi connectivity index (χ4v) is 1.59. The van der Waals surface area contributed by atoms with Crippen LogP contribution in [0.3, 0.4) is 0 Å². The molecule has 0 radical (unpaired) electrons. The van der Waals surface area contributed by atoms with Crippen molar-refractivity contribution in [2.45, 2.75) is 51.2 Å². The molecule has 0 bridgehead atoms. The van der Waals surface area contributed by atoms with E-state index in [1.165, 1.54) is 0 Å². The third-order valence-corrected chi connectivity index (χ3v) is 2.86. The van der Waals surface area contributed by atoms with Gasteiger partial charge in [-0.05, 0) is 53.8 Å². The molecule has 16 heavy (non-hydrogen) atoms. The molecule has 0 heterocycles. The summed E-state index contributed by atoms with van der Waals surface area (Å²) in [6, 6.07) is 0.744. The third kappa shape index (κ3) is 5.47. The summed E-state index contributed by atoms with van der Waals surface area (Å²) in [6.45, 7) is 5.11. The van der Waals surface area contributed by atoms with Gasteiger partial charge in [0.25, 0.3) is 0 Å². The van der Waals surface area contributed by atoms with Crippen LogP contribution in [0.25, 0.3) is 0 Å². The van der Waals surface area contributed by atoms with Gasteiger partial charge in [0, 0.05) is 12.1 Å². The van der Waals surface area contributed by atoms with Gasteiger partial charge in [0.05, 0.1) is 6.04 Å². The van der Waals surface area contributed by atoms with Crippen molar-refractivity contribution in [1.82, 2.24) is 15.5 Å². The summed E-state index contributed by atoms with van der Waals surface area (Å²) in [5, 5.41) is 6.34. The molecular formula is C12H25N3O. The summed E-state index contributed by atoms with van der Waals surface area (Å²) in [5.74, 6) is 0.138. The second-order valence-electron chi connectivity index (χ2n) is 5.16. The van der Waals surface area contributed by atoms with Crippen LogP contribution in [0.2, 0.25) is 0 Å². The van der Waals surface area contributed by atoms with Crippen molar-refractivity contribution >= 4 is 5.91 Å². The molecule has 4 nitrogen and oxygen atoms in total. The average molecular weight is 227 g/mol. The van der Waals surface area contributed by atoms with Crippen LogP contribution in [0, 0.1) is 0 Å². The number of carbonyl (C=O) groups is 1. The van der Waals surface area contributed by atoms with E-state index in [2.05, 4.69) is 36.6 Å². The Bertz CT molecular complexity index is 226. The van der Waals surface area contributed by atoms with E-state index in [9.17, 15) is 4.79 Å². The number of nitrogens with zero attached hydrogens (tertiary/aromatic N) is 1. The maximum absolute atomic E-state index is 11.7. The Labute approximate surface area is 98.8 Å². The van der Waals surface area contributed by atoms with Crippen LogP contribution < -0.4 is 10.6 Å². The standard InChI is InChI=1S/C12H25N3O/c1-9(7-8-15(3)4)13-10(2)12(16)14-11-5-6-11/h9-11,13H,5-8H2,1-4H3,(H,14,16). The minimum Gasteiger partial charge on any atom is -0.352 e. The van der Waals surface area contributed by atoms with Gasteiger partial charge in [-0.2, -0.15) is 0 Å². The lowest BCUT2D eigenvalue weighted by atomic mass is 10.2. The molecule has 1 rings (SSSR count). The summed E-state index contributed by atoms with van der Waals surface area (Å²) in [4.78, 5) is 13.8. The van der Waals surface area contributed by atoms with Crippen molar-refractivity contribution in [2.75, 3.05) is 20.6 Å². The lowest BCUT2D eigenvalue weighted by molar-refractivity contribution is -0.123. The van der Waals surface area contributed by atoms with Crippen molar-refractivity contribution in [3.05, 3.63) is 0 Å². The highest BCUT2D eigenvalue weighted by atomic mass is 16.2. The first-order chi connectivity index (χ1) is 7.49. The zero-order valence-corrected chi connectivity index (χ0v) is 10.9. The minimum absolute atomic E-state index is 0.0854. The Hall–Kier alpha value is -0.610. The molecule has 0 aliphatic heterocycles. The van der Waals surface area contributed by atoms with E-state index < -0.39 is 0 Å². The van der Waals surface area contributed by atoms with Crippen LogP contribution >= 0.6 is 0 Å². The van der Waals surface area contributed by atoms with E-state index >= 15 is 0 Å². The molecule has 1 aliphatic rings. The van der Waals surface area contributed by atoms with Gasteiger partial charge in [-0.15, -0.1) is 0 Å². The van der Waals surface area contributed by atoms with Gasteiger partial charge in [-0.25, -0.2) is 0 Å². The maximum atomic E-state index is 11.7. The van der Waals surface area contributed by atoms with Crippen LogP contribution in [0.4, 0.5) is 0 Å². The molecule has 2 N–H and O–H groups in total. The van der Waals surface area contributed by atoms with E-state index in [0.29, 0.717) is 12.1 Å². The maximum Gasteiger partial charge on any atom is 0.237 e. The Morgan fingerprint density at radius 1 is 1.38 bits per heavy atom. The van der Waals surface area contributed by atoms with Gasteiger partial charge in [-0.1, -0.05) is 0 Å². The van der Waals surface area contributed by atoms with Crippen LogP contribution in [-0.2, 0) is 4.79 Å². The van der Waals surface area contributed by atoms with Gasteiger partial charge in [0.15, 0.2) is 0 Å². The molecule has 0 spiro atoms. The van der Waals surface area contributed by atoms with Gasteiger partial charge in [0.1, 0.15) is 0 Å². The van der Waals surface area contributed by atoms with Gasteiger partial charge < -0.3 is 15.5 Å². The van der Waals surface area contributed by atoms with Gasteiger partial charge in [-0.3, -0.25) is 4.79 Å². The highest BCUT2D eigenvalue weighted by molar-refractivity contribution is 5.81. The minimum atomic E-state index is -0.0854. The number of nitrogens with one attached hydrogen (secondary N) is 2. The molecule has 94 valence electrons. The van der Waals surface area contributed by atoms with Crippen LogP contribution in [0.5, 0.6) is 0 Å². The molecule has 1 fully saturated rings. The van der Waals surface area contributed by atoms with Gasteiger partial charge >= 0.3 is 0 Å². The summed E-state index contributed by atoms with van der Waals surface area (Å²) in [7, 11) is 4.13. The van der Waals surface area contributed by atoms with E-state index in [4.69, 9.17) is 0 Å². The van der Waals surface area contributed by atoms with Crippen LogP contribution in [0.1, 0.15) is 33.1 Å². The molecule has 0 aromatic rings. The van der Waals surface area contributed by atoms with E-state index in [1.807, 2.05) is 6.92 Å². The van der Waals surface area contributed by atoms with Crippen molar-refractivity contribution in [2.24, 2.45) is 0 Å². The smallest absolute Gasteiger partial charge is 0.237 e. The lowest BCUT2D eigenvalue weighted by Crippen LogP contribution is -2.46. The largest absolute Gasteiger partial charge is 0.352 e. The first kappa shape index (κ1) is 13.5. The van der Waals surface area contributed by atoms with E-state index in [-0.39, 0.29) is 11.9 Å². The number of hydrogen-bond donors (Lipinski definition) is 2. The number of rotatable bonds is 7. The highest BCUT2D eigenvalue weighted by Gasteiger charge is 2.25. The molecule has 0 aromatic carbocycles. The zero-order valence-electron chi connectivity index (χ0n) is 10.9. The summed E-state index contributed by atoms with van der Waals surface area (Å²) < 4.78 is 0. The third-order valence-electron chi connectivity index (χ3n) is 2.86. The Balaban J connectivity index is 2.15. The normalized spacial score (nSPS) is 19.6. The molecule has 4 heteroatoms. The molecule has 1 aliphatic carbocycles. The Morgan fingerprint density at radius 3 is 2.50 bits per heavy atom. The SMILES string of the molecule is CC(CCN(C)C)NC(C)C(=O)NC1CC1. The molecule has 1 saturated carbocycles. The number of amides is 1. The van der Waals surface area contributed by atoms with Crippen molar-refractivity contribution in [1.29, 1.82) is 0 Å². The molecule has 0 saturated heterocycles. The molecular weight excluding hydrogens is 202 g/mol. The van der Waals surface area contributed by atoms with Crippen molar-refractivity contribution in [3.63, 3.8) is 0 Å². The molecule has 0 aromatic heterocycles. The summed E-state index contributed by atoms with van der Waals surface area (Å²) >= 11 is 0. The fraction of sp³-hybridized carbons (Fsp3) is 0.917. The average Bonchev–Trinajstić information content (AvgIpc) is 2.98. The van der Waals surface area contributed by atoms with E-state index in [1.54, 1.807) is 0 Å². The molecule has 2 unspecified atom stereocenters. The topological polar surface area (TPSA) is 44.4 Å². The quantitative estimate of drug-likeness (QED) is 0.669. The van der Waals surface area contributed by atoms with Crippen molar-refractivity contribution < 1.29 is 4.79 Å². The van der Waals surface area contributed by atoms with Crippen LogP contribution in [-0.4, -0.2) is 49.6 Å². The first-order valence-corrected chi connectivity index (χ1v) is 6.20. The highest BCUT2D eigenvalue weighted by Crippen LogP contribution is 2.18. The van der Waals surface area contributed by atoms with Crippen LogP contribution in [0.15, 0.2) is 0 Å². The molecule has 2 atom stereocenters. The van der Waals surface area contributed by atoms with Gasteiger partial charge in [0.2, 0.25) is 5.91 Å². The predicted molar refractivity (Wildman–Crippen MR) is 66.4 cm³/mol. The fourth-order valence-electron chi connectivity index (χ4n) is 1.59. The Kier molecular flexibility index (Phi) is 5.22. The molecule has 1 amide bonds. The number of carbonyl (C=O) groups excluding carboxylic acids is 1.